The van der Waals surface area contributed by atoms with Crippen LogP contribution in [0.4, 0.5) is 0 Å². The van der Waals surface area contributed by atoms with Crippen LogP contribution in [-0.4, -0.2) is 27.2 Å². The number of hydrogen-bond donors (Lipinski definition) is 2. The maximum Gasteiger partial charge on any atom is 0.347 e. The lowest BCUT2D eigenvalue weighted by Crippen LogP contribution is -2.37. The summed E-state index contributed by atoms with van der Waals surface area (Å²) in [6.07, 6.45) is 0.653. The minimum absolute atomic E-state index is 0.0380. The van der Waals surface area contributed by atoms with Gasteiger partial charge in [-0.15, -0.1) is 0 Å². The molecule has 0 radical (unpaired) electrons. The van der Waals surface area contributed by atoms with Gasteiger partial charge in [0, 0.05) is 29.2 Å². The lowest BCUT2D eigenvalue weighted by atomic mass is 9.85. The second-order valence-electron chi connectivity index (χ2n) is 12.2. The molecule has 0 fully saturated rings. The zero-order valence-electron chi connectivity index (χ0n) is 24.8. The molecular formula is C34H40N2O4. The predicted molar refractivity (Wildman–Crippen MR) is 160 cm³/mol. The van der Waals surface area contributed by atoms with Crippen molar-refractivity contribution in [1.29, 1.82) is 0 Å². The van der Waals surface area contributed by atoms with E-state index in [0.717, 1.165) is 33.3 Å². The number of carbonyl (C=O) groups is 2. The van der Waals surface area contributed by atoms with E-state index in [1.165, 1.54) is 19.4 Å². The number of amides is 1. The summed E-state index contributed by atoms with van der Waals surface area (Å²) in [6.45, 7) is 13.7. The highest BCUT2D eigenvalue weighted by Gasteiger charge is 2.29. The largest absolute Gasteiger partial charge is 0.478 e. The summed E-state index contributed by atoms with van der Waals surface area (Å²) in [6, 6.07) is 21.7. The van der Waals surface area contributed by atoms with Crippen LogP contribution in [0.2, 0.25) is 0 Å². The molecule has 40 heavy (non-hydrogen) atoms. The second-order valence-corrected chi connectivity index (χ2v) is 12.2. The van der Waals surface area contributed by atoms with E-state index in [9.17, 15) is 14.7 Å². The predicted octanol–water partition coefficient (Wildman–Crippen LogP) is 7.11. The molecule has 0 unspecified atom stereocenters. The van der Waals surface area contributed by atoms with Crippen molar-refractivity contribution >= 4 is 22.8 Å². The SMILES string of the molecule is Cc1c(Cc2cccc(OC(C)(C)C(=O)O)c2)c2ccc(C(=O)N[C@@H](C)c3cccc(C(C)(C)C)c3)cc2n1C. The molecule has 210 valence electrons. The number of aromatic nitrogens is 1. The van der Waals surface area contributed by atoms with Crippen LogP contribution in [0.3, 0.4) is 0 Å². The van der Waals surface area contributed by atoms with Crippen LogP contribution in [-0.2, 0) is 23.7 Å². The van der Waals surface area contributed by atoms with Crippen molar-refractivity contribution in [3.8, 4) is 5.75 Å². The number of nitrogens with one attached hydrogen (secondary N) is 1. The maximum absolute atomic E-state index is 13.3. The summed E-state index contributed by atoms with van der Waals surface area (Å²) < 4.78 is 7.86. The molecule has 0 saturated heterocycles. The fraction of sp³-hybridized carbons (Fsp3) is 0.353. The molecule has 1 amide bonds. The Kier molecular flexibility index (Phi) is 7.84. The molecule has 0 bridgehead atoms. The molecule has 1 aromatic heterocycles. The van der Waals surface area contributed by atoms with Crippen LogP contribution in [0, 0.1) is 6.92 Å². The van der Waals surface area contributed by atoms with Gasteiger partial charge in [0.15, 0.2) is 5.60 Å². The third kappa shape index (κ3) is 6.06. The van der Waals surface area contributed by atoms with Crippen molar-refractivity contribution in [2.75, 3.05) is 0 Å². The van der Waals surface area contributed by atoms with Crippen LogP contribution in [0.1, 0.15) is 85.9 Å². The molecule has 1 heterocycles. The van der Waals surface area contributed by atoms with Crippen LogP contribution in [0.5, 0.6) is 5.75 Å². The van der Waals surface area contributed by atoms with Gasteiger partial charge in [-0.25, -0.2) is 4.79 Å². The summed E-state index contributed by atoms with van der Waals surface area (Å²) >= 11 is 0. The van der Waals surface area contributed by atoms with E-state index in [4.69, 9.17) is 4.74 Å². The number of benzene rings is 3. The van der Waals surface area contributed by atoms with Gasteiger partial charge in [-0.2, -0.15) is 0 Å². The minimum Gasteiger partial charge on any atom is -0.478 e. The lowest BCUT2D eigenvalue weighted by Gasteiger charge is -2.22. The highest BCUT2D eigenvalue weighted by Crippen LogP contribution is 2.30. The van der Waals surface area contributed by atoms with Crippen molar-refractivity contribution in [2.45, 2.75) is 71.9 Å². The molecule has 0 aliphatic heterocycles. The molecule has 1 atom stereocenters. The molecule has 0 saturated carbocycles. The van der Waals surface area contributed by atoms with Gasteiger partial charge < -0.3 is 19.7 Å². The van der Waals surface area contributed by atoms with Crippen molar-refractivity contribution < 1.29 is 19.4 Å². The van der Waals surface area contributed by atoms with Crippen molar-refractivity contribution in [3.63, 3.8) is 0 Å². The van der Waals surface area contributed by atoms with Gasteiger partial charge in [0.25, 0.3) is 5.91 Å². The zero-order valence-corrected chi connectivity index (χ0v) is 24.8. The molecule has 0 aliphatic rings. The van der Waals surface area contributed by atoms with E-state index >= 15 is 0 Å². The van der Waals surface area contributed by atoms with E-state index in [2.05, 4.69) is 55.8 Å². The highest BCUT2D eigenvalue weighted by molar-refractivity contribution is 5.99. The Balaban J connectivity index is 1.57. The Morgan fingerprint density at radius 2 is 1.68 bits per heavy atom. The Hall–Kier alpha value is -4.06. The molecule has 4 aromatic rings. The fourth-order valence-corrected chi connectivity index (χ4v) is 4.91. The number of hydrogen-bond acceptors (Lipinski definition) is 3. The van der Waals surface area contributed by atoms with Crippen LogP contribution in [0.15, 0.2) is 66.7 Å². The quantitative estimate of drug-likeness (QED) is 0.250. The summed E-state index contributed by atoms with van der Waals surface area (Å²) in [7, 11) is 2.01. The molecule has 0 aliphatic carbocycles. The summed E-state index contributed by atoms with van der Waals surface area (Å²) in [5.41, 5.74) is 5.92. The van der Waals surface area contributed by atoms with Crippen molar-refractivity contribution in [1.82, 2.24) is 9.88 Å². The Bertz CT molecular complexity index is 1570. The number of ether oxygens (including phenoxy) is 1. The highest BCUT2D eigenvalue weighted by atomic mass is 16.5. The molecule has 0 spiro atoms. The zero-order chi connectivity index (χ0) is 29.4. The van der Waals surface area contributed by atoms with E-state index in [-0.39, 0.29) is 17.4 Å². The van der Waals surface area contributed by atoms with Crippen molar-refractivity contribution in [3.05, 3.63) is 100 Å². The monoisotopic (exact) mass is 540 g/mol. The number of carboxylic acid groups (broad SMARTS) is 1. The fourth-order valence-electron chi connectivity index (χ4n) is 4.91. The number of nitrogens with zero attached hydrogens (tertiary/aromatic N) is 1. The van der Waals surface area contributed by atoms with E-state index in [1.54, 1.807) is 6.07 Å². The van der Waals surface area contributed by atoms with Crippen LogP contribution >= 0.6 is 0 Å². The summed E-state index contributed by atoms with van der Waals surface area (Å²) in [4.78, 5) is 24.8. The van der Waals surface area contributed by atoms with Crippen molar-refractivity contribution in [2.24, 2.45) is 7.05 Å². The van der Waals surface area contributed by atoms with E-state index < -0.39 is 11.6 Å². The molecular weight excluding hydrogens is 500 g/mol. The lowest BCUT2D eigenvalue weighted by molar-refractivity contribution is -0.152. The van der Waals surface area contributed by atoms with Gasteiger partial charge in [0.1, 0.15) is 5.75 Å². The van der Waals surface area contributed by atoms with Gasteiger partial charge >= 0.3 is 5.97 Å². The maximum atomic E-state index is 13.3. The Morgan fingerprint density at radius 3 is 2.35 bits per heavy atom. The topological polar surface area (TPSA) is 80.6 Å². The third-order valence-corrected chi connectivity index (χ3v) is 7.65. The van der Waals surface area contributed by atoms with Gasteiger partial charge in [0.05, 0.1) is 6.04 Å². The smallest absolute Gasteiger partial charge is 0.347 e. The number of aryl methyl sites for hydroxylation is 1. The molecule has 3 aromatic carbocycles. The van der Waals surface area contributed by atoms with Crippen LogP contribution in [0.25, 0.3) is 10.9 Å². The normalized spacial score (nSPS) is 12.8. The van der Waals surface area contributed by atoms with Crippen LogP contribution < -0.4 is 10.1 Å². The third-order valence-electron chi connectivity index (χ3n) is 7.65. The van der Waals surface area contributed by atoms with E-state index in [0.29, 0.717) is 17.7 Å². The number of rotatable bonds is 8. The van der Waals surface area contributed by atoms with Gasteiger partial charge in [-0.3, -0.25) is 4.79 Å². The van der Waals surface area contributed by atoms with E-state index in [1.807, 2.05) is 56.4 Å². The first kappa shape index (κ1) is 28.9. The Morgan fingerprint density at radius 1 is 0.975 bits per heavy atom. The average molecular weight is 541 g/mol. The first-order chi connectivity index (χ1) is 18.7. The Labute approximate surface area is 237 Å². The average Bonchev–Trinajstić information content (AvgIpc) is 3.12. The second kappa shape index (κ2) is 10.8. The molecule has 2 N–H and O–H groups in total. The first-order valence-electron chi connectivity index (χ1n) is 13.7. The van der Waals surface area contributed by atoms with Gasteiger partial charge in [0.2, 0.25) is 0 Å². The standard InChI is InChI=1S/C34H40N2O4/c1-21(24-12-10-13-26(19-24)33(3,4)5)35-31(37)25-15-16-28-29(22(2)36(8)30(28)20-25)18-23-11-9-14-27(17-23)40-34(6,7)32(38)39/h9-17,19-21H,18H2,1-8H3,(H,35,37)(H,38,39)/t21-/m0/s1. The minimum atomic E-state index is -1.32. The molecule has 6 nitrogen and oxygen atoms in total. The number of carboxylic acids is 1. The molecule has 4 rings (SSSR count). The number of fused-ring (bicyclic) bond motifs is 1. The summed E-state index contributed by atoms with van der Waals surface area (Å²) in [5.74, 6) is -0.610. The first-order valence-corrected chi connectivity index (χ1v) is 13.7. The van der Waals surface area contributed by atoms with Gasteiger partial charge in [-0.05, 0) is 86.1 Å². The van der Waals surface area contributed by atoms with Gasteiger partial charge in [-0.1, -0.05) is 63.2 Å². The number of carbonyl (C=O) groups excluding carboxylic acids is 1. The summed E-state index contributed by atoms with van der Waals surface area (Å²) in [5, 5.41) is 13.7. The molecule has 6 heteroatoms. The number of aliphatic carboxylic acids is 1.